The van der Waals surface area contributed by atoms with Gasteiger partial charge in [-0.2, -0.15) is 0 Å². The maximum atomic E-state index is 4.31. The summed E-state index contributed by atoms with van der Waals surface area (Å²) >= 11 is 0. The fraction of sp³-hybridized carbons (Fsp3) is 0.375. The highest BCUT2D eigenvalue weighted by atomic mass is 15.1. The van der Waals surface area contributed by atoms with Crippen molar-refractivity contribution in [2.45, 2.75) is 32.2 Å². The largest absolute Gasteiger partial charge is 0.370 e. The Morgan fingerprint density at radius 3 is 2.50 bits per heavy atom. The van der Waals surface area contributed by atoms with E-state index in [-0.39, 0.29) is 0 Å². The zero-order valence-electron chi connectivity index (χ0n) is 11.8. The number of anilines is 2. The van der Waals surface area contributed by atoms with Crippen LogP contribution in [-0.2, 0) is 12.8 Å². The molecule has 0 radical (unpaired) electrons. The second-order valence-corrected chi connectivity index (χ2v) is 5.23. The highest BCUT2D eigenvalue weighted by Crippen LogP contribution is 2.24. The van der Waals surface area contributed by atoms with Gasteiger partial charge in [0.15, 0.2) is 0 Å². The minimum atomic E-state index is 0.432. The van der Waals surface area contributed by atoms with Gasteiger partial charge in [-0.25, -0.2) is 9.97 Å². The third kappa shape index (κ3) is 2.90. The SMILES string of the molecule is CCCNc1cc(NC2Cc3ccccc3C2)ncn1. The molecule has 0 saturated carbocycles. The van der Waals surface area contributed by atoms with Gasteiger partial charge in [-0.05, 0) is 30.4 Å². The molecule has 0 aliphatic heterocycles. The lowest BCUT2D eigenvalue weighted by Crippen LogP contribution is -2.20. The van der Waals surface area contributed by atoms with Gasteiger partial charge in [-0.3, -0.25) is 0 Å². The number of rotatable bonds is 5. The van der Waals surface area contributed by atoms with Crippen molar-refractivity contribution >= 4 is 11.6 Å². The quantitative estimate of drug-likeness (QED) is 0.875. The van der Waals surface area contributed by atoms with Gasteiger partial charge < -0.3 is 10.6 Å². The molecule has 20 heavy (non-hydrogen) atoms. The van der Waals surface area contributed by atoms with Crippen LogP contribution in [0.3, 0.4) is 0 Å². The minimum Gasteiger partial charge on any atom is -0.370 e. The van der Waals surface area contributed by atoms with E-state index in [1.54, 1.807) is 6.33 Å². The molecular formula is C16H20N4. The second kappa shape index (κ2) is 5.90. The summed E-state index contributed by atoms with van der Waals surface area (Å²) in [5.74, 6) is 1.79. The van der Waals surface area contributed by atoms with Crippen molar-refractivity contribution in [2.75, 3.05) is 17.2 Å². The molecule has 1 aliphatic rings. The Morgan fingerprint density at radius 2 is 1.80 bits per heavy atom. The molecule has 0 amide bonds. The molecule has 2 N–H and O–H groups in total. The van der Waals surface area contributed by atoms with Crippen molar-refractivity contribution in [2.24, 2.45) is 0 Å². The Balaban J connectivity index is 1.64. The Labute approximate surface area is 119 Å². The summed E-state index contributed by atoms with van der Waals surface area (Å²) < 4.78 is 0. The molecule has 1 heterocycles. The predicted octanol–water partition coefficient (Wildman–Crippen LogP) is 2.88. The topological polar surface area (TPSA) is 49.8 Å². The van der Waals surface area contributed by atoms with Gasteiger partial charge in [0.05, 0.1) is 0 Å². The van der Waals surface area contributed by atoms with Crippen molar-refractivity contribution in [1.82, 2.24) is 9.97 Å². The van der Waals surface area contributed by atoms with E-state index in [1.807, 2.05) is 6.07 Å². The van der Waals surface area contributed by atoms with Crippen molar-refractivity contribution in [3.63, 3.8) is 0 Å². The summed E-state index contributed by atoms with van der Waals surface area (Å²) in [5, 5.41) is 6.80. The van der Waals surface area contributed by atoms with E-state index in [1.165, 1.54) is 11.1 Å². The third-order valence-electron chi connectivity index (χ3n) is 3.63. The number of hydrogen-bond donors (Lipinski definition) is 2. The molecule has 104 valence electrons. The zero-order valence-corrected chi connectivity index (χ0v) is 11.8. The van der Waals surface area contributed by atoms with Crippen molar-refractivity contribution < 1.29 is 0 Å². The van der Waals surface area contributed by atoms with Crippen LogP contribution < -0.4 is 10.6 Å². The Kier molecular flexibility index (Phi) is 3.81. The highest BCUT2D eigenvalue weighted by Gasteiger charge is 2.20. The summed E-state index contributed by atoms with van der Waals surface area (Å²) in [6, 6.07) is 11.1. The fourth-order valence-electron chi connectivity index (χ4n) is 2.66. The first kappa shape index (κ1) is 12.9. The maximum Gasteiger partial charge on any atom is 0.131 e. The van der Waals surface area contributed by atoms with Gasteiger partial charge in [-0.1, -0.05) is 31.2 Å². The molecule has 0 fully saturated rings. The van der Waals surface area contributed by atoms with Crippen LogP contribution in [0.2, 0.25) is 0 Å². The first-order chi connectivity index (χ1) is 9.85. The number of fused-ring (bicyclic) bond motifs is 1. The second-order valence-electron chi connectivity index (χ2n) is 5.23. The Hall–Kier alpha value is -2.10. The van der Waals surface area contributed by atoms with Gasteiger partial charge in [0.1, 0.15) is 18.0 Å². The van der Waals surface area contributed by atoms with Crippen LogP contribution >= 0.6 is 0 Å². The van der Waals surface area contributed by atoms with E-state index < -0.39 is 0 Å². The molecule has 0 spiro atoms. The van der Waals surface area contributed by atoms with Crippen molar-refractivity contribution in [1.29, 1.82) is 0 Å². The van der Waals surface area contributed by atoms with E-state index in [9.17, 15) is 0 Å². The molecule has 0 bridgehead atoms. The number of aromatic nitrogens is 2. The minimum absolute atomic E-state index is 0.432. The number of nitrogens with zero attached hydrogens (tertiary/aromatic N) is 2. The number of benzene rings is 1. The molecule has 0 saturated heterocycles. The van der Waals surface area contributed by atoms with Crippen LogP contribution in [0.5, 0.6) is 0 Å². The molecule has 2 aromatic rings. The van der Waals surface area contributed by atoms with Gasteiger partial charge in [0.25, 0.3) is 0 Å². The van der Waals surface area contributed by atoms with Crippen molar-refractivity contribution in [3.05, 3.63) is 47.8 Å². The van der Waals surface area contributed by atoms with E-state index in [4.69, 9.17) is 0 Å². The van der Waals surface area contributed by atoms with E-state index in [2.05, 4.69) is 51.8 Å². The van der Waals surface area contributed by atoms with E-state index in [0.29, 0.717) is 6.04 Å². The van der Waals surface area contributed by atoms with Crippen LogP contribution in [0.1, 0.15) is 24.5 Å². The predicted molar refractivity (Wildman–Crippen MR) is 82.1 cm³/mol. The fourth-order valence-corrected chi connectivity index (χ4v) is 2.66. The molecule has 0 atom stereocenters. The summed E-state index contributed by atoms with van der Waals surface area (Å²) in [6.07, 6.45) is 4.84. The van der Waals surface area contributed by atoms with Crippen LogP contribution in [0.4, 0.5) is 11.6 Å². The average Bonchev–Trinajstić information content (AvgIpc) is 2.87. The number of nitrogens with one attached hydrogen (secondary N) is 2. The summed E-state index contributed by atoms with van der Waals surface area (Å²) in [4.78, 5) is 8.54. The molecule has 3 rings (SSSR count). The first-order valence-corrected chi connectivity index (χ1v) is 7.24. The smallest absolute Gasteiger partial charge is 0.131 e. The normalized spacial score (nSPS) is 14.1. The average molecular weight is 268 g/mol. The van der Waals surface area contributed by atoms with Gasteiger partial charge in [-0.15, -0.1) is 0 Å². The molecular weight excluding hydrogens is 248 g/mol. The standard InChI is InChI=1S/C16H20N4/c1-2-7-17-15-10-16(19-11-18-15)20-14-8-12-5-3-4-6-13(12)9-14/h3-6,10-11,14H,2,7-9H2,1H3,(H2,17,18,19,20). The molecule has 1 aromatic carbocycles. The zero-order chi connectivity index (χ0) is 13.8. The highest BCUT2D eigenvalue weighted by molar-refractivity contribution is 5.48. The molecule has 1 aromatic heterocycles. The lowest BCUT2D eigenvalue weighted by Gasteiger charge is -2.13. The van der Waals surface area contributed by atoms with Crippen LogP contribution in [0.25, 0.3) is 0 Å². The van der Waals surface area contributed by atoms with Gasteiger partial charge in [0.2, 0.25) is 0 Å². The van der Waals surface area contributed by atoms with Gasteiger partial charge in [0, 0.05) is 18.7 Å². The van der Waals surface area contributed by atoms with Crippen molar-refractivity contribution in [3.8, 4) is 0 Å². The summed E-state index contributed by atoms with van der Waals surface area (Å²) in [6.45, 7) is 3.08. The van der Waals surface area contributed by atoms with E-state index >= 15 is 0 Å². The van der Waals surface area contributed by atoms with E-state index in [0.717, 1.165) is 37.4 Å². The van der Waals surface area contributed by atoms with Crippen LogP contribution in [0.15, 0.2) is 36.7 Å². The Morgan fingerprint density at radius 1 is 1.10 bits per heavy atom. The molecule has 1 aliphatic carbocycles. The van der Waals surface area contributed by atoms with Gasteiger partial charge >= 0.3 is 0 Å². The van der Waals surface area contributed by atoms with Crippen LogP contribution in [-0.4, -0.2) is 22.6 Å². The number of hydrogen-bond acceptors (Lipinski definition) is 4. The molecule has 4 nitrogen and oxygen atoms in total. The maximum absolute atomic E-state index is 4.31. The summed E-state index contributed by atoms with van der Waals surface area (Å²) in [5.41, 5.74) is 2.90. The first-order valence-electron chi connectivity index (χ1n) is 7.24. The Bertz CT molecular complexity index is 557. The van der Waals surface area contributed by atoms with Crippen LogP contribution in [0, 0.1) is 0 Å². The lowest BCUT2D eigenvalue weighted by atomic mass is 10.1. The third-order valence-corrected chi connectivity index (χ3v) is 3.63. The summed E-state index contributed by atoms with van der Waals surface area (Å²) in [7, 11) is 0. The molecule has 0 unspecified atom stereocenters. The molecule has 4 heteroatoms. The lowest BCUT2D eigenvalue weighted by molar-refractivity contribution is 0.768. The monoisotopic (exact) mass is 268 g/mol.